The predicted molar refractivity (Wildman–Crippen MR) is 133 cm³/mol. The molecule has 1 aliphatic carbocycles. The van der Waals surface area contributed by atoms with Gasteiger partial charge in [0.05, 0.1) is 12.6 Å². The highest BCUT2D eigenvalue weighted by Crippen LogP contribution is 2.34. The second kappa shape index (κ2) is 9.92. The lowest BCUT2D eigenvalue weighted by Gasteiger charge is -2.30. The molecule has 2 aromatic carbocycles. The molecule has 0 saturated heterocycles. The molecule has 3 aromatic rings. The molecule has 0 bridgehead atoms. The first kappa shape index (κ1) is 22.6. The van der Waals surface area contributed by atoms with Crippen LogP contribution in [0.4, 0.5) is 11.8 Å². The van der Waals surface area contributed by atoms with Crippen LogP contribution in [-0.2, 0) is 6.54 Å². The van der Waals surface area contributed by atoms with Crippen molar-refractivity contribution in [2.75, 3.05) is 31.4 Å². The molecule has 0 spiro atoms. The lowest BCUT2D eigenvalue weighted by molar-refractivity contribution is 0.345. The van der Waals surface area contributed by atoms with E-state index in [1.54, 1.807) is 13.2 Å². The fourth-order valence-corrected chi connectivity index (χ4v) is 4.75. The number of aromatic nitrogens is 2. The fraction of sp³-hybridized carbons (Fsp3) is 0.417. The summed E-state index contributed by atoms with van der Waals surface area (Å²) in [6.07, 6.45) is 4.19. The van der Waals surface area contributed by atoms with Gasteiger partial charge in [-0.15, -0.1) is 0 Å². The maximum absolute atomic E-state index is 10.4. The van der Waals surface area contributed by atoms with Crippen molar-refractivity contribution in [3.8, 4) is 11.5 Å². The smallest absolute Gasteiger partial charge is 0.225 e. The van der Waals surface area contributed by atoms with E-state index in [2.05, 4.69) is 32.6 Å². The van der Waals surface area contributed by atoms with Crippen molar-refractivity contribution < 1.29 is 9.84 Å². The molecular formula is C24H30BrN5O2. The number of phenolic OH excluding ortho intramolecular Hbond substituents is 1. The zero-order chi connectivity index (χ0) is 22.7. The summed E-state index contributed by atoms with van der Waals surface area (Å²) in [6, 6.07) is 12.6. The van der Waals surface area contributed by atoms with Crippen molar-refractivity contribution >= 4 is 38.6 Å². The number of aromatic hydroxyl groups is 1. The van der Waals surface area contributed by atoms with Crippen LogP contribution >= 0.6 is 15.9 Å². The van der Waals surface area contributed by atoms with Gasteiger partial charge >= 0.3 is 0 Å². The maximum atomic E-state index is 10.4. The van der Waals surface area contributed by atoms with Crippen LogP contribution in [0.25, 0.3) is 10.9 Å². The van der Waals surface area contributed by atoms with Crippen molar-refractivity contribution in [3.05, 3.63) is 46.4 Å². The molecule has 0 atom stereocenters. The van der Waals surface area contributed by atoms with E-state index >= 15 is 0 Å². The van der Waals surface area contributed by atoms with E-state index in [0.29, 0.717) is 30.3 Å². The molecule has 8 heteroatoms. The van der Waals surface area contributed by atoms with Gasteiger partial charge in [-0.3, -0.25) is 0 Å². The second-order valence-corrected chi connectivity index (χ2v) is 9.39. The van der Waals surface area contributed by atoms with Gasteiger partial charge < -0.3 is 25.4 Å². The number of nitrogens with one attached hydrogen (secondary N) is 2. The molecule has 4 rings (SSSR count). The number of para-hydroxylation sites is 1. The zero-order valence-electron chi connectivity index (χ0n) is 18.7. The number of benzene rings is 2. The Morgan fingerprint density at radius 1 is 1.09 bits per heavy atom. The Hall–Kier alpha value is -2.58. The quantitative estimate of drug-likeness (QED) is 0.435. The topological polar surface area (TPSA) is 82.5 Å². The fourth-order valence-electron chi connectivity index (χ4n) is 4.26. The summed E-state index contributed by atoms with van der Waals surface area (Å²) in [5.41, 5.74) is 1.78. The van der Waals surface area contributed by atoms with Gasteiger partial charge in [-0.25, -0.2) is 4.98 Å². The summed E-state index contributed by atoms with van der Waals surface area (Å²) in [6.45, 7) is 0.602. The molecule has 0 amide bonds. The van der Waals surface area contributed by atoms with E-state index < -0.39 is 0 Å². The molecule has 1 fully saturated rings. The Labute approximate surface area is 197 Å². The highest BCUT2D eigenvalue weighted by Gasteiger charge is 2.22. The number of anilines is 2. The van der Waals surface area contributed by atoms with Crippen molar-refractivity contribution in [2.45, 2.75) is 44.3 Å². The average Bonchev–Trinajstić information content (AvgIpc) is 2.79. The third-order valence-electron chi connectivity index (χ3n) is 5.99. The van der Waals surface area contributed by atoms with Crippen molar-refractivity contribution in [2.24, 2.45) is 0 Å². The molecule has 3 N–H and O–H groups in total. The van der Waals surface area contributed by atoms with Gasteiger partial charge in [0.1, 0.15) is 5.82 Å². The van der Waals surface area contributed by atoms with Crippen molar-refractivity contribution in [1.29, 1.82) is 0 Å². The number of fused-ring (bicyclic) bond motifs is 1. The molecule has 1 aliphatic rings. The Kier molecular flexibility index (Phi) is 7.01. The van der Waals surface area contributed by atoms with Crippen LogP contribution in [0.2, 0.25) is 0 Å². The van der Waals surface area contributed by atoms with E-state index in [4.69, 9.17) is 14.7 Å². The number of hydrogen-bond acceptors (Lipinski definition) is 7. The molecule has 0 radical (unpaired) electrons. The van der Waals surface area contributed by atoms with E-state index in [0.717, 1.165) is 52.4 Å². The zero-order valence-corrected chi connectivity index (χ0v) is 20.3. The minimum absolute atomic E-state index is 0.198. The van der Waals surface area contributed by atoms with Gasteiger partial charge in [0.15, 0.2) is 11.5 Å². The number of halogens is 1. The van der Waals surface area contributed by atoms with Crippen LogP contribution in [0.5, 0.6) is 11.5 Å². The molecule has 1 saturated carbocycles. The summed E-state index contributed by atoms with van der Waals surface area (Å²) in [7, 11) is 5.58. The standard InChI is InChI=1S/C24H30BrN5O2/c1-30(2)23-19-6-4-5-7-20(19)28-24(29-23)27-18-10-8-17(9-11-18)26-14-15-12-16(25)13-21(32-3)22(15)31/h4-7,12-13,17-18,26,31H,8-11,14H2,1-3H3,(H,27,28,29). The summed E-state index contributed by atoms with van der Waals surface area (Å²) in [5.74, 6) is 2.30. The number of phenols is 1. The first-order valence-corrected chi connectivity index (χ1v) is 11.7. The van der Waals surface area contributed by atoms with Crippen molar-refractivity contribution in [1.82, 2.24) is 15.3 Å². The third-order valence-corrected chi connectivity index (χ3v) is 6.44. The van der Waals surface area contributed by atoms with E-state index in [-0.39, 0.29) is 5.75 Å². The first-order chi connectivity index (χ1) is 15.4. The van der Waals surface area contributed by atoms with Crippen LogP contribution in [0, 0.1) is 0 Å². The maximum Gasteiger partial charge on any atom is 0.225 e. The average molecular weight is 500 g/mol. The highest BCUT2D eigenvalue weighted by molar-refractivity contribution is 9.10. The monoisotopic (exact) mass is 499 g/mol. The molecular weight excluding hydrogens is 470 g/mol. The lowest BCUT2D eigenvalue weighted by atomic mass is 9.91. The summed E-state index contributed by atoms with van der Waals surface area (Å²) in [5, 5.41) is 18.6. The van der Waals surface area contributed by atoms with E-state index in [1.807, 2.05) is 43.3 Å². The van der Waals surface area contributed by atoms with Gasteiger partial charge in [0.2, 0.25) is 5.95 Å². The number of ether oxygens (including phenoxy) is 1. The Morgan fingerprint density at radius 2 is 1.81 bits per heavy atom. The van der Waals surface area contributed by atoms with Crippen LogP contribution in [0.15, 0.2) is 40.9 Å². The number of methoxy groups -OCH3 is 1. The number of rotatable bonds is 7. The van der Waals surface area contributed by atoms with Crippen LogP contribution in [-0.4, -0.2) is 48.4 Å². The Balaban J connectivity index is 1.35. The normalized spacial score (nSPS) is 18.5. The Morgan fingerprint density at radius 3 is 2.53 bits per heavy atom. The van der Waals surface area contributed by atoms with E-state index in [9.17, 15) is 5.11 Å². The molecule has 0 aliphatic heterocycles. The first-order valence-electron chi connectivity index (χ1n) is 10.9. The van der Waals surface area contributed by atoms with Crippen LogP contribution in [0.3, 0.4) is 0 Å². The predicted octanol–water partition coefficient (Wildman–Crippen LogP) is 4.69. The molecule has 1 aromatic heterocycles. The molecule has 7 nitrogen and oxygen atoms in total. The Bertz CT molecular complexity index is 1080. The summed E-state index contributed by atoms with van der Waals surface area (Å²) < 4.78 is 6.14. The SMILES string of the molecule is COc1cc(Br)cc(CNC2CCC(Nc3nc(N(C)C)c4ccccc4n3)CC2)c1O. The summed E-state index contributed by atoms with van der Waals surface area (Å²) >= 11 is 3.48. The third kappa shape index (κ3) is 5.07. The van der Waals surface area contributed by atoms with E-state index in [1.165, 1.54) is 0 Å². The molecule has 32 heavy (non-hydrogen) atoms. The lowest BCUT2D eigenvalue weighted by Crippen LogP contribution is -2.37. The van der Waals surface area contributed by atoms with Crippen LogP contribution < -0.4 is 20.3 Å². The minimum Gasteiger partial charge on any atom is -0.504 e. The van der Waals surface area contributed by atoms with Gasteiger partial charge in [-0.1, -0.05) is 28.1 Å². The molecule has 170 valence electrons. The van der Waals surface area contributed by atoms with Gasteiger partial charge in [-0.05, 0) is 49.9 Å². The number of nitrogens with zero attached hydrogens (tertiary/aromatic N) is 3. The van der Waals surface area contributed by atoms with Gasteiger partial charge in [0, 0.05) is 48.1 Å². The number of hydrogen-bond donors (Lipinski definition) is 3. The minimum atomic E-state index is 0.198. The molecule has 1 heterocycles. The van der Waals surface area contributed by atoms with Crippen molar-refractivity contribution in [3.63, 3.8) is 0 Å². The summed E-state index contributed by atoms with van der Waals surface area (Å²) in [4.78, 5) is 11.5. The molecule has 0 unspecified atom stereocenters. The van der Waals surface area contributed by atoms with Gasteiger partial charge in [-0.2, -0.15) is 4.98 Å². The largest absolute Gasteiger partial charge is 0.504 e. The second-order valence-electron chi connectivity index (χ2n) is 8.47. The van der Waals surface area contributed by atoms with Gasteiger partial charge in [0.25, 0.3) is 0 Å². The highest BCUT2D eigenvalue weighted by atomic mass is 79.9. The van der Waals surface area contributed by atoms with Crippen LogP contribution in [0.1, 0.15) is 31.2 Å².